The zero-order chi connectivity index (χ0) is 19.8. The Morgan fingerprint density at radius 1 is 0.929 bits per heavy atom. The number of hydrogen-bond acceptors (Lipinski definition) is 3. The van der Waals surface area contributed by atoms with E-state index in [-0.39, 0.29) is 11.9 Å². The van der Waals surface area contributed by atoms with E-state index >= 15 is 0 Å². The van der Waals surface area contributed by atoms with Crippen LogP contribution in [-0.4, -0.2) is 54.5 Å². The first-order chi connectivity index (χ1) is 13.7. The lowest BCUT2D eigenvalue weighted by molar-refractivity contribution is -0.122. The fourth-order valence-electron chi connectivity index (χ4n) is 3.84. The van der Waals surface area contributed by atoms with E-state index in [0.717, 1.165) is 39.1 Å². The van der Waals surface area contributed by atoms with Gasteiger partial charge in [-0.2, -0.15) is 0 Å². The molecule has 0 bridgehead atoms. The number of carbonyl (C=O) groups excluding carboxylic acids is 1. The Labute approximate surface area is 169 Å². The molecule has 0 aliphatic carbocycles. The quantitative estimate of drug-likeness (QED) is 0.760. The van der Waals surface area contributed by atoms with Crippen molar-refractivity contribution in [3.63, 3.8) is 0 Å². The van der Waals surface area contributed by atoms with Crippen LogP contribution in [0.2, 0.25) is 0 Å². The third kappa shape index (κ3) is 5.66. The highest BCUT2D eigenvalue weighted by Gasteiger charge is 2.26. The van der Waals surface area contributed by atoms with Crippen molar-refractivity contribution in [2.75, 3.05) is 32.7 Å². The van der Waals surface area contributed by atoms with E-state index in [2.05, 4.69) is 89.6 Å². The van der Waals surface area contributed by atoms with E-state index in [1.54, 1.807) is 0 Å². The minimum absolute atomic E-state index is 0.170. The molecular weight excluding hydrogens is 346 g/mol. The van der Waals surface area contributed by atoms with E-state index in [4.69, 9.17) is 0 Å². The van der Waals surface area contributed by atoms with E-state index in [9.17, 15) is 4.79 Å². The minimum atomic E-state index is 0.170. The molecule has 2 aromatic carbocycles. The van der Waals surface area contributed by atoms with Gasteiger partial charge in [0.05, 0.1) is 6.04 Å². The zero-order valence-corrected chi connectivity index (χ0v) is 17.2. The van der Waals surface area contributed by atoms with Gasteiger partial charge in [0.1, 0.15) is 0 Å². The van der Waals surface area contributed by atoms with Crippen molar-refractivity contribution in [3.05, 3.63) is 71.8 Å². The van der Waals surface area contributed by atoms with E-state index < -0.39 is 0 Å². The molecule has 0 unspecified atom stereocenters. The molecule has 2 aromatic rings. The number of benzene rings is 2. The van der Waals surface area contributed by atoms with Gasteiger partial charge in [-0.15, -0.1) is 0 Å². The van der Waals surface area contributed by atoms with Gasteiger partial charge >= 0.3 is 0 Å². The Kier molecular flexibility index (Phi) is 7.63. The largest absolute Gasteiger partial charge is 0.354 e. The third-order valence-electron chi connectivity index (χ3n) is 5.68. The molecule has 1 aliphatic rings. The van der Waals surface area contributed by atoms with Gasteiger partial charge in [-0.05, 0) is 24.5 Å². The van der Waals surface area contributed by atoms with Crippen molar-refractivity contribution < 1.29 is 4.79 Å². The van der Waals surface area contributed by atoms with Crippen molar-refractivity contribution in [1.82, 2.24) is 15.1 Å². The summed E-state index contributed by atoms with van der Waals surface area (Å²) < 4.78 is 0. The second kappa shape index (κ2) is 10.4. The number of hydrogen-bond donors (Lipinski definition) is 1. The maximum Gasteiger partial charge on any atom is 0.221 e. The fraction of sp³-hybridized carbons (Fsp3) is 0.458. The molecule has 0 radical (unpaired) electrons. The molecule has 1 N–H and O–H groups in total. The van der Waals surface area contributed by atoms with Gasteiger partial charge in [-0.1, -0.05) is 67.6 Å². The molecule has 3 rings (SSSR count). The topological polar surface area (TPSA) is 35.6 Å². The van der Waals surface area contributed by atoms with E-state index in [1.165, 1.54) is 11.1 Å². The number of carbonyl (C=O) groups is 1. The Hall–Kier alpha value is -2.17. The highest BCUT2D eigenvalue weighted by Crippen LogP contribution is 2.29. The summed E-state index contributed by atoms with van der Waals surface area (Å²) >= 11 is 0. The summed E-state index contributed by atoms with van der Waals surface area (Å²) in [6, 6.07) is 22.1. The van der Waals surface area contributed by atoms with Crippen molar-refractivity contribution in [2.24, 2.45) is 0 Å². The standard InChI is InChI=1S/C24H33N3O/c1-3-20(2)25-23(28)14-15-26-16-18-27(19-17-26)24(21-10-6-4-7-11-21)22-12-8-5-9-13-22/h4-13,20,24H,3,14-19H2,1-2H3,(H,25,28)/t20-/m1/s1. The Morgan fingerprint density at radius 2 is 1.46 bits per heavy atom. The second-order valence-corrected chi connectivity index (χ2v) is 7.73. The highest BCUT2D eigenvalue weighted by atomic mass is 16.1. The second-order valence-electron chi connectivity index (χ2n) is 7.73. The summed E-state index contributed by atoms with van der Waals surface area (Å²) in [7, 11) is 0. The number of nitrogens with one attached hydrogen (secondary N) is 1. The van der Waals surface area contributed by atoms with Crippen LogP contribution in [0.25, 0.3) is 0 Å². The summed E-state index contributed by atoms with van der Waals surface area (Å²) in [4.78, 5) is 17.0. The molecule has 1 heterocycles. The molecule has 0 aromatic heterocycles. The normalized spacial score (nSPS) is 16.8. The molecule has 0 saturated carbocycles. The first-order valence-corrected chi connectivity index (χ1v) is 10.5. The molecule has 1 aliphatic heterocycles. The predicted octanol–water partition coefficient (Wildman–Crippen LogP) is 3.70. The van der Waals surface area contributed by atoms with Crippen molar-refractivity contribution >= 4 is 5.91 Å². The van der Waals surface area contributed by atoms with E-state index in [0.29, 0.717) is 12.5 Å². The molecule has 150 valence electrons. The molecule has 1 atom stereocenters. The molecular formula is C24H33N3O. The van der Waals surface area contributed by atoms with Crippen molar-refractivity contribution in [2.45, 2.75) is 38.8 Å². The van der Waals surface area contributed by atoms with Crippen molar-refractivity contribution in [1.29, 1.82) is 0 Å². The van der Waals surface area contributed by atoms with Crippen LogP contribution in [0.1, 0.15) is 43.9 Å². The van der Waals surface area contributed by atoms with Crippen LogP contribution in [0, 0.1) is 0 Å². The summed E-state index contributed by atoms with van der Waals surface area (Å²) in [5.41, 5.74) is 2.69. The molecule has 4 heteroatoms. The van der Waals surface area contributed by atoms with Crippen molar-refractivity contribution in [3.8, 4) is 0 Å². The number of rotatable bonds is 8. The predicted molar refractivity (Wildman–Crippen MR) is 115 cm³/mol. The minimum Gasteiger partial charge on any atom is -0.354 e. The Bertz CT molecular complexity index is 672. The van der Waals surface area contributed by atoms with Crippen LogP contribution in [0.15, 0.2) is 60.7 Å². The molecule has 1 amide bonds. The van der Waals surface area contributed by atoms with Crippen LogP contribution in [0.3, 0.4) is 0 Å². The zero-order valence-electron chi connectivity index (χ0n) is 17.2. The van der Waals surface area contributed by atoms with Gasteiger partial charge in [-0.3, -0.25) is 9.69 Å². The SMILES string of the molecule is CC[C@@H](C)NC(=O)CCN1CCN(C(c2ccccc2)c2ccccc2)CC1. The molecule has 28 heavy (non-hydrogen) atoms. The number of amides is 1. The van der Waals surface area contributed by atoms with Gasteiger partial charge in [-0.25, -0.2) is 0 Å². The first-order valence-electron chi connectivity index (χ1n) is 10.5. The van der Waals surface area contributed by atoms with Crippen LogP contribution in [0.4, 0.5) is 0 Å². The van der Waals surface area contributed by atoms with Gasteiger partial charge in [0.25, 0.3) is 0 Å². The van der Waals surface area contributed by atoms with Gasteiger partial charge in [0.15, 0.2) is 0 Å². The summed E-state index contributed by atoms with van der Waals surface area (Å²) in [5.74, 6) is 0.170. The summed E-state index contributed by atoms with van der Waals surface area (Å²) in [5, 5.41) is 3.06. The van der Waals surface area contributed by atoms with Gasteiger partial charge in [0, 0.05) is 45.2 Å². The number of piperazine rings is 1. The van der Waals surface area contributed by atoms with Crippen LogP contribution in [0.5, 0.6) is 0 Å². The molecule has 0 spiro atoms. The first kappa shape index (κ1) is 20.6. The lowest BCUT2D eigenvalue weighted by Crippen LogP contribution is -2.48. The van der Waals surface area contributed by atoms with Crippen LogP contribution < -0.4 is 5.32 Å². The monoisotopic (exact) mass is 379 g/mol. The molecule has 4 nitrogen and oxygen atoms in total. The Balaban J connectivity index is 1.58. The summed E-state index contributed by atoms with van der Waals surface area (Å²) in [6.07, 6.45) is 1.57. The molecule has 1 saturated heterocycles. The average Bonchev–Trinajstić information content (AvgIpc) is 2.75. The maximum absolute atomic E-state index is 12.0. The maximum atomic E-state index is 12.0. The summed E-state index contributed by atoms with van der Waals surface area (Å²) in [6.45, 7) is 9.05. The smallest absolute Gasteiger partial charge is 0.221 e. The highest BCUT2D eigenvalue weighted by molar-refractivity contribution is 5.76. The molecule has 1 fully saturated rings. The lowest BCUT2D eigenvalue weighted by atomic mass is 9.96. The van der Waals surface area contributed by atoms with Crippen LogP contribution >= 0.6 is 0 Å². The average molecular weight is 380 g/mol. The fourth-order valence-corrected chi connectivity index (χ4v) is 3.84. The van der Waals surface area contributed by atoms with Gasteiger partial charge in [0.2, 0.25) is 5.91 Å². The third-order valence-corrected chi connectivity index (χ3v) is 5.68. The Morgan fingerprint density at radius 3 is 1.96 bits per heavy atom. The van der Waals surface area contributed by atoms with Crippen LogP contribution in [-0.2, 0) is 4.79 Å². The lowest BCUT2D eigenvalue weighted by Gasteiger charge is -2.39. The van der Waals surface area contributed by atoms with Gasteiger partial charge < -0.3 is 10.2 Å². The van der Waals surface area contributed by atoms with E-state index in [1.807, 2.05) is 0 Å². The number of nitrogens with zero attached hydrogens (tertiary/aromatic N) is 2.